The van der Waals surface area contributed by atoms with Crippen molar-refractivity contribution in [3.05, 3.63) is 0 Å². The van der Waals surface area contributed by atoms with Gasteiger partial charge in [-0.3, -0.25) is 0 Å². The Morgan fingerprint density at radius 1 is 1.31 bits per heavy atom. The Bertz CT molecular complexity index is 167. The van der Waals surface area contributed by atoms with Crippen LogP contribution in [0.2, 0.25) is 0 Å². The van der Waals surface area contributed by atoms with E-state index in [0.717, 1.165) is 13.0 Å². The molecule has 0 fully saturated rings. The van der Waals surface area contributed by atoms with Gasteiger partial charge in [0.2, 0.25) is 0 Å². The van der Waals surface area contributed by atoms with Crippen LogP contribution in [0.25, 0.3) is 0 Å². The van der Waals surface area contributed by atoms with Crippen LogP contribution in [0.4, 0.5) is 0 Å². The molecule has 0 aromatic heterocycles. The van der Waals surface area contributed by atoms with Crippen LogP contribution < -0.4 is 5.32 Å². The first kappa shape index (κ1) is 12.4. The lowest BCUT2D eigenvalue weighted by atomic mass is 10.2. The summed E-state index contributed by atoms with van der Waals surface area (Å²) in [4.78, 5) is 0. The van der Waals surface area contributed by atoms with Gasteiger partial charge in [0.15, 0.2) is 6.29 Å². The molecule has 0 saturated heterocycles. The van der Waals surface area contributed by atoms with E-state index < -0.39 is 0 Å². The number of nitrogens with one attached hydrogen (secondary N) is 1. The van der Waals surface area contributed by atoms with Gasteiger partial charge in [0.25, 0.3) is 0 Å². The minimum atomic E-state index is -0.221. The van der Waals surface area contributed by atoms with Crippen LogP contribution in [-0.2, 0) is 9.47 Å². The van der Waals surface area contributed by atoms with Crippen molar-refractivity contribution in [1.82, 2.24) is 5.32 Å². The maximum absolute atomic E-state index is 5.16. The second-order valence-electron chi connectivity index (χ2n) is 2.63. The molecule has 1 unspecified atom stereocenters. The average molecular weight is 185 g/mol. The Hall–Kier alpha value is -0.560. The van der Waals surface area contributed by atoms with Crippen molar-refractivity contribution in [2.75, 3.05) is 20.8 Å². The highest BCUT2D eigenvalue weighted by Crippen LogP contribution is 2.03. The number of hydrogen-bond donors (Lipinski definition) is 1. The first-order chi connectivity index (χ1) is 6.29. The summed E-state index contributed by atoms with van der Waals surface area (Å²) in [6, 6.07) is 0.146. The summed E-state index contributed by atoms with van der Waals surface area (Å²) >= 11 is 0. The van der Waals surface area contributed by atoms with E-state index in [9.17, 15) is 0 Å². The van der Waals surface area contributed by atoms with Gasteiger partial charge in [-0.1, -0.05) is 6.92 Å². The Balaban J connectivity index is 4.08. The van der Waals surface area contributed by atoms with E-state index in [1.54, 1.807) is 14.2 Å². The number of rotatable bonds is 6. The van der Waals surface area contributed by atoms with Crippen molar-refractivity contribution < 1.29 is 9.47 Å². The van der Waals surface area contributed by atoms with Gasteiger partial charge in [-0.05, 0) is 13.5 Å². The third-order valence-electron chi connectivity index (χ3n) is 1.76. The van der Waals surface area contributed by atoms with Gasteiger partial charge in [0.1, 0.15) is 0 Å². The van der Waals surface area contributed by atoms with Gasteiger partial charge in [-0.2, -0.15) is 0 Å². The van der Waals surface area contributed by atoms with Gasteiger partial charge in [-0.15, -0.1) is 11.8 Å². The fraction of sp³-hybridized carbons (Fsp3) is 0.800. The summed E-state index contributed by atoms with van der Waals surface area (Å²) in [6.07, 6.45) is 0.525. The maximum Gasteiger partial charge on any atom is 0.172 e. The molecule has 0 aliphatic carbocycles. The third kappa shape index (κ3) is 4.89. The predicted molar refractivity (Wildman–Crippen MR) is 53.3 cm³/mol. The maximum atomic E-state index is 5.16. The van der Waals surface area contributed by atoms with E-state index in [-0.39, 0.29) is 12.3 Å². The molecule has 13 heavy (non-hydrogen) atoms. The zero-order valence-electron chi connectivity index (χ0n) is 8.89. The van der Waals surface area contributed by atoms with Crippen molar-refractivity contribution in [2.24, 2.45) is 0 Å². The van der Waals surface area contributed by atoms with E-state index in [2.05, 4.69) is 24.1 Å². The molecule has 1 N–H and O–H groups in total. The van der Waals surface area contributed by atoms with Crippen LogP contribution in [0, 0.1) is 11.8 Å². The minimum absolute atomic E-state index is 0.146. The second kappa shape index (κ2) is 8.06. The van der Waals surface area contributed by atoms with Crippen molar-refractivity contribution in [2.45, 2.75) is 32.6 Å². The summed E-state index contributed by atoms with van der Waals surface area (Å²) in [6.45, 7) is 4.77. The third-order valence-corrected chi connectivity index (χ3v) is 1.76. The molecule has 76 valence electrons. The van der Waals surface area contributed by atoms with E-state index in [4.69, 9.17) is 9.47 Å². The van der Waals surface area contributed by atoms with Crippen molar-refractivity contribution in [1.29, 1.82) is 0 Å². The van der Waals surface area contributed by atoms with Crippen LogP contribution in [-0.4, -0.2) is 33.1 Å². The fourth-order valence-corrected chi connectivity index (χ4v) is 1.16. The first-order valence-electron chi connectivity index (χ1n) is 4.48. The Morgan fingerprint density at radius 3 is 2.31 bits per heavy atom. The number of likely N-dealkylation sites (N-methyl/N-ethyl adjacent to an activating group) is 1. The second-order valence-corrected chi connectivity index (χ2v) is 2.63. The lowest BCUT2D eigenvalue weighted by Gasteiger charge is -2.23. The van der Waals surface area contributed by atoms with Crippen molar-refractivity contribution >= 4 is 0 Å². The molecule has 0 radical (unpaired) electrons. The normalized spacial score (nSPS) is 12.4. The SMILES string of the molecule is CC#CCC(NCC)C(OC)OC. The van der Waals surface area contributed by atoms with Gasteiger partial charge in [0, 0.05) is 20.6 Å². The van der Waals surface area contributed by atoms with E-state index in [1.807, 2.05) is 6.92 Å². The molecule has 0 bridgehead atoms. The molecular weight excluding hydrogens is 166 g/mol. The summed E-state index contributed by atoms with van der Waals surface area (Å²) in [5.74, 6) is 5.87. The highest BCUT2D eigenvalue weighted by atomic mass is 16.7. The van der Waals surface area contributed by atoms with Crippen LogP contribution in [0.5, 0.6) is 0 Å². The Labute approximate surface area is 80.8 Å². The monoisotopic (exact) mass is 185 g/mol. The van der Waals surface area contributed by atoms with Gasteiger partial charge in [-0.25, -0.2) is 0 Å². The number of methoxy groups -OCH3 is 2. The molecule has 0 aromatic rings. The van der Waals surface area contributed by atoms with E-state index in [0.29, 0.717) is 0 Å². The zero-order valence-corrected chi connectivity index (χ0v) is 8.89. The molecule has 3 heteroatoms. The van der Waals surface area contributed by atoms with Crippen LogP contribution in [0.1, 0.15) is 20.3 Å². The molecule has 0 aliphatic heterocycles. The molecule has 0 saturated carbocycles. The Kier molecular flexibility index (Phi) is 7.71. The predicted octanol–water partition coefficient (Wildman–Crippen LogP) is 0.997. The van der Waals surface area contributed by atoms with Gasteiger partial charge >= 0.3 is 0 Å². The van der Waals surface area contributed by atoms with E-state index >= 15 is 0 Å². The average Bonchev–Trinajstić information content (AvgIpc) is 2.16. The summed E-state index contributed by atoms with van der Waals surface area (Å²) in [5, 5.41) is 3.27. The Morgan fingerprint density at radius 2 is 1.92 bits per heavy atom. The summed E-state index contributed by atoms with van der Waals surface area (Å²) in [5.41, 5.74) is 0. The lowest BCUT2D eigenvalue weighted by molar-refractivity contribution is -0.121. The fourth-order valence-electron chi connectivity index (χ4n) is 1.16. The number of hydrogen-bond acceptors (Lipinski definition) is 3. The quantitative estimate of drug-likeness (QED) is 0.494. The number of ether oxygens (including phenoxy) is 2. The van der Waals surface area contributed by atoms with Crippen molar-refractivity contribution in [3.8, 4) is 11.8 Å². The molecular formula is C10H19NO2. The molecule has 0 rings (SSSR count). The molecule has 0 heterocycles. The zero-order chi connectivity index (χ0) is 10.1. The molecule has 3 nitrogen and oxygen atoms in total. The summed E-state index contributed by atoms with van der Waals surface area (Å²) < 4.78 is 10.3. The lowest BCUT2D eigenvalue weighted by Crippen LogP contribution is -2.41. The largest absolute Gasteiger partial charge is 0.354 e. The highest BCUT2D eigenvalue weighted by molar-refractivity contribution is 4.98. The molecule has 0 amide bonds. The molecule has 0 aliphatic rings. The van der Waals surface area contributed by atoms with Gasteiger partial charge in [0.05, 0.1) is 6.04 Å². The summed E-state index contributed by atoms with van der Waals surface area (Å²) in [7, 11) is 3.27. The van der Waals surface area contributed by atoms with Crippen LogP contribution in [0.15, 0.2) is 0 Å². The topological polar surface area (TPSA) is 30.5 Å². The highest BCUT2D eigenvalue weighted by Gasteiger charge is 2.18. The van der Waals surface area contributed by atoms with Gasteiger partial charge < -0.3 is 14.8 Å². The van der Waals surface area contributed by atoms with Crippen LogP contribution >= 0.6 is 0 Å². The van der Waals surface area contributed by atoms with E-state index in [1.165, 1.54) is 0 Å². The molecule has 0 aromatic carbocycles. The minimum Gasteiger partial charge on any atom is -0.354 e. The van der Waals surface area contributed by atoms with Crippen LogP contribution in [0.3, 0.4) is 0 Å². The molecule has 1 atom stereocenters. The van der Waals surface area contributed by atoms with Crippen molar-refractivity contribution in [3.63, 3.8) is 0 Å². The smallest absolute Gasteiger partial charge is 0.172 e. The molecule has 0 spiro atoms. The first-order valence-corrected chi connectivity index (χ1v) is 4.48. The standard InChI is InChI=1S/C10H19NO2/c1-5-7-8-9(11-6-2)10(12-3)13-4/h9-11H,6,8H2,1-4H3.